The van der Waals surface area contributed by atoms with E-state index in [1.54, 1.807) is 51.9 Å². The van der Waals surface area contributed by atoms with Crippen molar-refractivity contribution in [1.29, 1.82) is 0 Å². The fourth-order valence-corrected chi connectivity index (χ4v) is 5.09. The van der Waals surface area contributed by atoms with Crippen LogP contribution in [0, 0.1) is 0 Å². The first-order valence-electron chi connectivity index (χ1n) is 12.3. The highest BCUT2D eigenvalue weighted by atomic mass is 35.5. The molecule has 0 radical (unpaired) electrons. The van der Waals surface area contributed by atoms with Gasteiger partial charge in [-0.25, -0.2) is 14.2 Å². The van der Waals surface area contributed by atoms with E-state index in [0.717, 1.165) is 18.5 Å². The van der Waals surface area contributed by atoms with Crippen LogP contribution >= 0.6 is 11.6 Å². The zero-order valence-electron chi connectivity index (χ0n) is 20.4. The Morgan fingerprint density at radius 1 is 0.974 bits per heavy atom. The van der Waals surface area contributed by atoms with Crippen molar-refractivity contribution in [2.24, 2.45) is 0 Å². The van der Waals surface area contributed by atoms with Gasteiger partial charge in [0.2, 0.25) is 0 Å². The van der Waals surface area contributed by atoms with Crippen LogP contribution in [-0.4, -0.2) is 54.2 Å². The molecule has 0 saturated carbocycles. The molecule has 10 heteroatoms. The van der Waals surface area contributed by atoms with Gasteiger partial charge in [-0.05, 0) is 72.9 Å². The highest BCUT2D eigenvalue weighted by Gasteiger charge is 2.25. The zero-order chi connectivity index (χ0) is 26.1. The molecule has 1 N–H and O–H groups in total. The third-order valence-electron chi connectivity index (χ3n) is 6.91. The van der Waals surface area contributed by atoms with Crippen molar-refractivity contribution >= 4 is 34.7 Å². The van der Waals surface area contributed by atoms with Crippen LogP contribution in [0.3, 0.4) is 0 Å². The van der Waals surface area contributed by atoms with Gasteiger partial charge in [0.05, 0.1) is 21.8 Å². The molecule has 1 saturated heterocycles. The van der Waals surface area contributed by atoms with Gasteiger partial charge in [-0.3, -0.25) is 9.59 Å². The summed E-state index contributed by atoms with van der Waals surface area (Å²) < 4.78 is 3.30. The van der Waals surface area contributed by atoms with Gasteiger partial charge in [0.1, 0.15) is 6.33 Å². The molecule has 0 bridgehead atoms. The van der Waals surface area contributed by atoms with E-state index in [2.05, 4.69) is 20.5 Å². The van der Waals surface area contributed by atoms with Gasteiger partial charge >= 0.3 is 0 Å². The molecule has 0 unspecified atom stereocenters. The lowest BCUT2D eigenvalue weighted by Gasteiger charge is -2.32. The van der Waals surface area contributed by atoms with Crippen molar-refractivity contribution in [3.05, 3.63) is 107 Å². The van der Waals surface area contributed by atoms with Crippen LogP contribution in [0.15, 0.2) is 85.6 Å². The highest BCUT2D eigenvalue weighted by molar-refractivity contribution is 6.34. The van der Waals surface area contributed by atoms with Crippen LogP contribution in [-0.2, 0) is 0 Å². The minimum atomic E-state index is -0.273. The first kappa shape index (κ1) is 23.9. The number of carbonyl (C=O) groups excluding carboxylic acids is 2. The van der Waals surface area contributed by atoms with Crippen molar-refractivity contribution in [3.8, 4) is 5.69 Å². The number of piperidine rings is 1. The minimum absolute atomic E-state index is 0.00947. The molecule has 6 rings (SSSR count). The zero-order valence-corrected chi connectivity index (χ0v) is 21.1. The summed E-state index contributed by atoms with van der Waals surface area (Å²) in [5.41, 5.74) is 4.39. The van der Waals surface area contributed by atoms with E-state index >= 15 is 0 Å². The first-order valence-corrected chi connectivity index (χ1v) is 12.7. The molecular formula is C28H24ClN7O2. The molecular weight excluding hydrogens is 502 g/mol. The quantitative estimate of drug-likeness (QED) is 0.354. The monoisotopic (exact) mass is 525 g/mol. The van der Waals surface area contributed by atoms with Gasteiger partial charge in [0.15, 0.2) is 5.65 Å². The molecule has 3 aromatic heterocycles. The number of hydrogen-bond donors (Lipinski definition) is 1. The van der Waals surface area contributed by atoms with Crippen molar-refractivity contribution in [3.63, 3.8) is 0 Å². The highest BCUT2D eigenvalue weighted by Crippen LogP contribution is 2.30. The van der Waals surface area contributed by atoms with Crippen LogP contribution in [0.4, 0.5) is 5.69 Å². The van der Waals surface area contributed by atoms with E-state index in [1.807, 2.05) is 41.4 Å². The number of rotatable bonds is 5. The normalized spacial score (nSPS) is 14.1. The molecule has 1 fully saturated rings. The largest absolute Gasteiger partial charge is 0.339 e. The number of benzene rings is 2. The Bertz CT molecular complexity index is 1600. The molecule has 0 aliphatic carbocycles. The van der Waals surface area contributed by atoms with Crippen LogP contribution < -0.4 is 5.32 Å². The number of fused-ring (bicyclic) bond motifs is 1. The summed E-state index contributed by atoms with van der Waals surface area (Å²) >= 11 is 6.39. The molecule has 1 aliphatic rings. The summed E-state index contributed by atoms with van der Waals surface area (Å²) in [5.74, 6) is 0.0896. The van der Waals surface area contributed by atoms with Crippen LogP contribution in [0.1, 0.15) is 45.0 Å². The number of nitrogens with zero attached hydrogens (tertiary/aromatic N) is 6. The van der Waals surface area contributed by atoms with E-state index in [1.165, 1.54) is 11.9 Å². The van der Waals surface area contributed by atoms with Crippen LogP contribution in [0.5, 0.6) is 0 Å². The van der Waals surface area contributed by atoms with Crippen molar-refractivity contribution < 1.29 is 9.59 Å². The molecule has 38 heavy (non-hydrogen) atoms. The first-order chi connectivity index (χ1) is 18.5. The van der Waals surface area contributed by atoms with Gasteiger partial charge in [-0.15, -0.1) is 0 Å². The minimum Gasteiger partial charge on any atom is -0.339 e. The van der Waals surface area contributed by atoms with Crippen LogP contribution in [0.25, 0.3) is 11.3 Å². The van der Waals surface area contributed by atoms with Crippen molar-refractivity contribution in [2.75, 3.05) is 18.4 Å². The molecule has 5 aromatic rings. The Morgan fingerprint density at radius 3 is 2.53 bits per heavy atom. The Balaban J connectivity index is 1.06. The third kappa shape index (κ3) is 4.76. The molecule has 190 valence electrons. The van der Waals surface area contributed by atoms with Crippen molar-refractivity contribution in [1.82, 2.24) is 29.3 Å². The summed E-state index contributed by atoms with van der Waals surface area (Å²) in [4.78, 5) is 31.8. The van der Waals surface area contributed by atoms with Crippen LogP contribution in [0.2, 0.25) is 5.02 Å². The summed E-state index contributed by atoms with van der Waals surface area (Å²) in [6.45, 7) is 1.37. The number of halogens is 1. The van der Waals surface area contributed by atoms with Gasteiger partial charge in [-0.1, -0.05) is 23.7 Å². The van der Waals surface area contributed by atoms with Crippen molar-refractivity contribution in [2.45, 2.75) is 18.8 Å². The average molecular weight is 526 g/mol. The van der Waals surface area contributed by atoms with E-state index in [4.69, 9.17) is 11.6 Å². The Labute approximate surface area is 223 Å². The predicted octanol–water partition coefficient (Wildman–Crippen LogP) is 4.84. The van der Waals surface area contributed by atoms with Gasteiger partial charge < -0.3 is 10.2 Å². The van der Waals surface area contributed by atoms with Gasteiger partial charge in [0.25, 0.3) is 11.8 Å². The van der Waals surface area contributed by atoms with Gasteiger partial charge in [-0.2, -0.15) is 10.2 Å². The molecule has 4 heterocycles. The Morgan fingerprint density at radius 2 is 1.79 bits per heavy atom. The lowest BCUT2D eigenvalue weighted by molar-refractivity contribution is 0.0712. The topological polar surface area (TPSA) is 97.4 Å². The standard InChI is InChI=1S/C28H24ClN7O2/c29-25-16-23(35-13-1-12-31-35)7-8-24(25)27(37)33-22-5-2-19(3-6-22)20-10-14-34(15-11-20)28(38)21-4-9-26-30-18-32-36(26)17-21/h1-9,12-13,16-18,20H,10-11,14-15H2,(H,33,37). The number of hydrogen-bond acceptors (Lipinski definition) is 5. The number of anilines is 1. The average Bonchev–Trinajstić information content (AvgIpc) is 3.65. The Kier molecular flexibility index (Phi) is 6.35. The molecule has 0 spiro atoms. The Hall–Kier alpha value is -4.50. The second-order valence-electron chi connectivity index (χ2n) is 9.24. The second kappa shape index (κ2) is 10.1. The number of nitrogens with one attached hydrogen (secondary N) is 1. The summed E-state index contributed by atoms with van der Waals surface area (Å²) in [6.07, 6.45) is 8.45. The third-order valence-corrected chi connectivity index (χ3v) is 7.22. The number of carbonyl (C=O) groups is 2. The molecule has 9 nitrogen and oxygen atoms in total. The number of pyridine rings is 1. The summed E-state index contributed by atoms with van der Waals surface area (Å²) in [5, 5.41) is 11.6. The maximum Gasteiger partial charge on any atom is 0.257 e. The SMILES string of the molecule is O=C(Nc1ccc(C2CCN(C(=O)c3ccc4ncnn4c3)CC2)cc1)c1ccc(-n2cccn2)cc1Cl. The number of likely N-dealkylation sites (tertiary alicyclic amines) is 1. The molecule has 0 atom stereocenters. The van der Waals surface area contributed by atoms with E-state index in [9.17, 15) is 9.59 Å². The molecule has 2 amide bonds. The lowest BCUT2D eigenvalue weighted by atomic mass is 9.89. The molecule has 2 aromatic carbocycles. The number of amides is 2. The summed E-state index contributed by atoms with van der Waals surface area (Å²) in [6, 6.07) is 18.5. The predicted molar refractivity (Wildman–Crippen MR) is 144 cm³/mol. The maximum absolute atomic E-state index is 13.0. The maximum atomic E-state index is 13.0. The smallest absolute Gasteiger partial charge is 0.257 e. The lowest BCUT2D eigenvalue weighted by Crippen LogP contribution is -2.38. The van der Waals surface area contributed by atoms with E-state index in [-0.39, 0.29) is 11.8 Å². The number of aromatic nitrogens is 5. The fraction of sp³-hybridized carbons (Fsp3) is 0.179. The van der Waals surface area contributed by atoms with Gasteiger partial charge in [0, 0.05) is 37.4 Å². The van der Waals surface area contributed by atoms with E-state index in [0.29, 0.717) is 46.5 Å². The van der Waals surface area contributed by atoms with E-state index < -0.39 is 0 Å². The fourth-order valence-electron chi connectivity index (χ4n) is 4.83. The summed E-state index contributed by atoms with van der Waals surface area (Å²) in [7, 11) is 0. The molecule has 1 aliphatic heterocycles. The second-order valence-corrected chi connectivity index (χ2v) is 9.65.